The molecule has 7 nitrogen and oxygen atoms in total. The number of amides is 1. The van der Waals surface area contributed by atoms with Crippen molar-refractivity contribution in [2.24, 2.45) is 0 Å². The lowest BCUT2D eigenvalue weighted by Crippen LogP contribution is -2.16. The number of benzene rings is 2. The molecule has 0 aliphatic carbocycles. The van der Waals surface area contributed by atoms with Gasteiger partial charge in [-0.3, -0.25) is 9.52 Å². The summed E-state index contributed by atoms with van der Waals surface area (Å²) in [4.78, 5) is 25.5. The number of rotatable bonds is 5. The van der Waals surface area contributed by atoms with Gasteiger partial charge in [0.25, 0.3) is 15.3 Å². The summed E-state index contributed by atoms with van der Waals surface area (Å²) < 4.78 is 32.5. The van der Waals surface area contributed by atoms with Crippen LogP contribution in [0.5, 0.6) is 0 Å². The number of hydrogen-bond acceptors (Lipinski definition) is 6. The Hall–Kier alpha value is -2.52. The quantitative estimate of drug-likeness (QED) is 0.602. The van der Waals surface area contributed by atoms with Crippen LogP contribution in [-0.4, -0.2) is 45.7 Å². The van der Waals surface area contributed by atoms with E-state index in [-0.39, 0.29) is 15.7 Å². The number of ether oxygens (including phenoxy) is 1. The molecule has 144 valence electrons. The summed E-state index contributed by atoms with van der Waals surface area (Å²) in [5.74, 6) is -0.613. The van der Waals surface area contributed by atoms with E-state index in [0.717, 1.165) is 11.8 Å². The van der Waals surface area contributed by atoms with Crippen LogP contribution < -0.4 is 4.72 Å². The van der Waals surface area contributed by atoms with Crippen molar-refractivity contribution in [2.75, 3.05) is 25.9 Å². The Morgan fingerprint density at radius 1 is 1.07 bits per heavy atom. The summed E-state index contributed by atoms with van der Waals surface area (Å²) in [5, 5.41) is -0.126. The van der Waals surface area contributed by atoms with E-state index in [9.17, 15) is 18.0 Å². The number of nitrogens with zero attached hydrogens (tertiary/aromatic N) is 1. The van der Waals surface area contributed by atoms with Crippen molar-refractivity contribution in [3.63, 3.8) is 0 Å². The fourth-order valence-corrected chi connectivity index (χ4v) is 4.11. The first kappa shape index (κ1) is 20.8. The maximum absolute atomic E-state index is 12.7. The number of methoxy groups -OCH3 is 1. The molecule has 0 radical (unpaired) electrons. The van der Waals surface area contributed by atoms with Crippen molar-refractivity contribution in [2.45, 2.75) is 16.7 Å². The van der Waals surface area contributed by atoms with Gasteiger partial charge in [-0.05, 0) is 60.6 Å². The van der Waals surface area contributed by atoms with Crippen molar-refractivity contribution >= 4 is 38.7 Å². The second-order valence-corrected chi connectivity index (χ2v) is 8.54. The molecule has 1 amide bonds. The summed E-state index contributed by atoms with van der Waals surface area (Å²) in [5.41, 5.74) is 0.996. The summed E-state index contributed by atoms with van der Waals surface area (Å²) in [7, 11) is 0.645. The SMILES string of the molecule is COC(=O)c1ccc(C)c(S(=O)(=O)Nc2ccc(SC(=O)N(C)C)cc2)c1. The molecule has 0 bridgehead atoms. The van der Waals surface area contributed by atoms with Crippen LogP contribution in [0.4, 0.5) is 10.5 Å². The molecule has 0 fully saturated rings. The summed E-state index contributed by atoms with van der Waals surface area (Å²) >= 11 is 1.04. The first-order valence-electron chi connectivity index (χ1n) is 7.85. The molecule has 9 heteroatoms. The van der Waals surface area contributed by atoms with Gasteiger partial charge < -0.3 is 9.64 Å². The molecule has 0 saturated carbocycles. The van der Waals surface area contributed by atoms with E-state index < -0.39 is 16.0 Å². The maximum atomic E-state index is 12.7. The van der Waals surface area contributed by atoms with Crippen molar-refractivity contribution in [1.29, 1.82) is 0 Å². The van der Waals surface area contributed by atoms with Gasteiger partial charge in [0.2, 0.25) is 0 Å². The number of thioether (sulfide) groups is 1. The van der Waals surface area contributed by atoms with Gasteiger partial charge in [-0.15, -0.1) is 0 Å². The second kappa shape index (κ2) is 8.45. The van der Waals surface area contributed by atoms with E-state index in [1.165, 1.54) is 24.1 Å². The van der Waals surface area contributed by atoms with Gasteiger partial charge in [-0.1, -0.05) is 6.07 Å². The minimum absolute atomic E-state index is 0.00774. The van der Waals surface area contributed by atoms with Crippen LogP contribution in [0.1, 0.15) is 15.9 Å². The van der Waals surface area contributed by atoms with Crippen LogP contribution in [0, 0.1) is 6.92 Å². The van der Waals surface area contributed by atoms with E-state index in [1.807, 2.05) is 0 Å². The summed E-state index contributed by atoms with van der Waals surface area (Å²) in [6.45, 7) is 1.64. The zero-order valence-corrected chi connectivity index (χ0v) is 17.0. The van der Waals surface area contributed by atoms with Crippen LogP contribution in [-0.2, 0) is 14.8 Å². The monoisotopic (exact) mass is 408 g/mol. The lowest BCUT2D eigenvalue weighted by molar-refractivity contribution is 0.0600. The molecule has 2 aromatic carbocycles. The van der Waals surface area contributed by atoms with Crippen LogP contribution in [0.2, 0.25) is 0 Å². The van der Waals surface area contributed by atoms with Gasteiger partial charge in [0, 0.05) is 24.7 Å². The molecule has 0 aromatic heterocycles. The van der Waals surface area contributed by atoms with Gasteiger partial charge in [0.05, 0.1) is 17.6 Å². The number of anilines is 1. The summed E-state index contributed by atoms with van der Waals surface area (Å²) in [6, 6.07) is 10.8. The van der Waals surface area contributed by atoms with E-state index in [1.54, 1.807) is 51.4 Å². The van der Waals surface area contributed by atoms with Crippen LogP contribution in [0.25, 0.3) is 0 Å². The van der Waals surface area contributed by atoms with E-state index in [2.05, 4.69) is 9.46 Å². The first-order valence-corrected chi connectivity index (χ1v) is 10.1. The fourth-order valence-electron chi connectivity index (χ4n) is 2.13. The number of aryl methyl sites for hydroxylation is 1. The number of carbonyl (C=O) groups is 2. The average Bonchev–Trinajstić information content (AvgIpc) is 2.62. The Labute approximate surface area is 162 Å². The fraction of sp³-hybridized carbons (Fsp3) is 0.222. The largest absolute Gasteiger partial charge is 0.465 e. The lowest BCUT2D eigenvalue weighted by Gasteiger charge is -2.12. The number of esters is 1. The highest BCUT2D eigenvalue weighted by Crippen LogP contribution is 2.25. The molecule has 1 N–H and O–H groups in total. The molecule has 0 unspecified atom stereocenters. The normalized spacial score (nSPS) is 11.0. The van der Waals surface area contributed by atoms with Gasteiger partial charge in [-0.2, -0.15) is 0 Å². The molecular weight excluding hydrogens is 388 g/mol. The Kier molecular flexibility index (Phi) is 6.50. The van der Waals surface area contributed by atoms with Crippen LogP contribution in [0.3, 0.4) is 0 Å². The Morgan fingerprint density at radius 2 is 1.70 bits per heavy atom. The van der Waals surface area contributed by atoms with Gasteiger partial charge in [-0.25, -0.2) is 13.2 Å². The molecule has 0 atom stereocenters. The molecule has 2 aromatic rings. The smallest absolute Gasteiger partial charge is 0.337 e. The highest BCUT2D eigenvalue weighted by molar-refractivity contribution is 8.13. The zero-order valence-electron chi connectivity index (χ0n) is 15.3. The topological polar surface area (TPSA) is 92.8 Å². The third-order valence-electron chi connectivity index (χ3n) is 3.58. The van der Waals surface area contributed by atoms with E-state index in [0.29, 0.717) is 16.1 Å². The predicted octanol–water partition coefficient (Wildman–Crippen LogP) is 3.36. The summed E-state index contributed by atoms with van der Waals surface area (Å²) in [6.07, 6.45) is 0. The molecule has 27 heavy (non-hydrogen) atoms. The molecule has 0 spiro atoms. The highest BCUT2D eigenvalue weighted by atomic mass is 32.2. The van der Waals surface area contributed by atoms with Crippen molar-refractivity contribution in [3.05, 3.63) is 53.6 Å². The van der Waals surface area contributed by atoms with E-state index >= 15 is 0 Å². The number of carbonyl (C=O) groups excluding carboxylic acids is 2. The molecule has 0 heterocycles. The van der Waals surface area contributed by atoms with Gasteiger partial charge in [0.15, 0.2) is 0 Å². The molecule has 2 rings (SSSR count). The van der Waals surface area contributed by atoms with Gasteiger partial charge >= 0.3 is 5.97 Å². The number of hydrogen-bond donors (Lipinski definition) is 1. The Balaban J connectivity index is 2.24. The third-order valence-corrected chi connectivity index (χ3v) is 6.15. The van der Waals surface area contributed by atoms with Crippen LogP contribution in [0.15, 0.2) is 52.3 Å². The number of sulfonamides is 1. The lowest BCUT2D eigenvalue weighted by atomic mass is 10.1. The molecular formula is C18H20N2O5S2. The average molecular weight is 409 g/mol. The van der Waals surface area contributed by atoms with E-state index in [4.69, 9.17) is 0 Å². The van der Waals surface area contributed by atoms with Gasteiger partial charge in [0.1, 0.15) is 0 Å². The predicted molar refractivity (Wildman–Crippen MR) is 105 cm³/mol. The molecule has 0 saturated heterocycles. The van der Waals surface area contributed by atoms with Crippen molar-refractivity contribution in [3.8, 4) is 0 Å². The Bertz CT molecular complexity index is 954. The Morgan fingerprint density at radius 3 is 2.26 bits per heavy atom. The molecule has 0 aliphatic rings. The third kappa shape index (κ3) is 5.24. The van der Waals surface area contributed by atoms with Crippen molar-refractivity contribution < 1.29 is 22.7 Å². The number of nitrogens with one attached hydrogen (secondary N) is 1. The minimum Gasteiger partial charge on any atom is -0.465 e. The minimum atomic E-state index is -3.90. The second-order valence-electron chi connectivity index (χ2n) is 5.86. The maximum Gasteiger partial charge on any atom is 0.337 e. The van der Waals surface area contributed by atoms with Crippen molar-refractivity contribution in [1.82, 2.24) is 4.90 Å². The highest BCUT2D eigenvalue weighted by Gasteiger charge is 2.20. The zero-order chi connectivity index (χ0) is 20.2. The first-order chi connectivity index (χ1) is 12.6. The standard InChI is InChI=1S/C18H20N2O5S2/c1-12-5-6-13(17(21)25-4)11-16(12)27(23,24)19-14-7-9-15(10-8-14)26-18(22)20(2)3/h5-11,19H,1-4H3. The molecule has 0 aliphatic heterocycles. The van der Waals surface area contributed by atoms with Crippen LogP contribution >= 0.6 is 11.8 Å².